The van der Waals surface area contributed by atoms with Crippen molar-refractivity contribution >= 4 is 6.09 Å². The van der Waals surface area contributed by atoms with E-state index < -0.39 is 0 Å². The van der Waals surface area contributed by atoms with Crippen LogP contribution in [0.4, 0.5) is 4.79 Å². The van der Waals surface area contributed by atoms with Crippen LogP contribution >= 0.6 is 0 Å². The summed E-state index contributed by atoms with van der Waals surface area (Å²) in [7, 11) is 0. The fourth-order valence-electron chi connectivity index (χ4n) is 0.677. The molecule has 0 saturated heterocycles. The van der Waals surface area contributed by atoms with Crippen LogP contribution in [0.25, 0.3) is 0 Å². The molecule has 0 spiro atoms. The van der Waals surface area contributed by atoms with Gasteiger partial charge in [0, 0.05) is 6.04 Å². The number of rotatable bonds is 3. The van der Waals surface area contributed by atoms with Gasteiger partial charge in [0.25, 0.3) is 0 Å². The third kappa shape index (κ3) is 5.84. The van der Waals surface area contributed by atoms with Crippen molar-refractivity contribution < 1.29 is 9.53 Å². The van der Waals surface area contributed by atoms with E-state index in [0.29, 0.717) is 12.5 Å². The smallest absolute Gasteiger partial charge is 0.407 e. The molecule has 0 aliphatic carbocycles. The van der Waals surface area contributed by atoms with Gasteiger partial charge in [-0.2, -0.15) is 0 Å². The maximum atomic E-state index is 11.3. The standard InChI is InChI=1S/C11H23NO2/c1-8(2)7-14-10(13)12-9(3)11(4,5)6/h8-9H,7H2,1-6H3,(H,12,13). The lowest BCUT2D eigenvalue weighted by Gasteiger charge is -2.27. The predicted octanol–water partition coefficient (Wildman–Crippen LogP) is 2.80. The van der Waals surface area contributed by atoms with Crippen molar-refractivity contribution in [3.8, 4) is 0 Å². The molecule has 1 unspecified atom stereocenters. The molecule has 1 amide bonds. The molecule has 0 bridgehead atoms. The second-order valence-corrected chi connectivity index (χ2v) is 5.22. The Kier molecular flexibility index (Phi) is 4.95. The average Bonchev–Trinajstić information content (AvgIpc) is 1.99. The molecule has 0 fully saturated rings. The fourth-order valence-corrected chi connectivity index (χ4v) is 0.677. The molecule has 0 aromatic carbocycles. The van der Waals surface area contributed by atoms with Crippen molar-refractivity contribution in [2.45, 2.75) is 47.6 Å². The van der Waals surface area contributed by atoms with E-state index in [9.17, 15) is 4.79 Å². The molecule has 0 saturated carbocycles. The van der Waals surface area contributed by atoms with Gasteiger partial charge in [-0.15, -0.1) is 0 Å². The zero-order chi connectivity index (χ0) is 11.4. The molecule has 3 nitrogen and oxygen atoms in total. The highest BCUT2D eigenvalue weighted by atomic mass is 16.5. The number of hydrogen-bond acceptors (Lipinski definition) is 2. The van der Waals surface area contributed by atoms with E-state index in [1.165, 1.54) is 0 Å². The third-order valence-corrected chi connectivity index (χ3v) is 2.18. The summed E-state index contributed by atoms with van der Waals surface area (Å²) in [5.74, 6) is 0.380. The van der Waals surface area contributed by atoms with E-state index in [0.717, 1.165) is 0 Å². The maximum absolute atomic E-state index is 11.3. The summed E-state index contributed by atoms with van der Waals surface area (Å²) in [4.78, 5) is 11.3. The number of ether oxygens (including phenoxy) is 1. The fraction of sp³-hybridized carbons (Fsp3) is 0.909. The summed E-state index contributed by atoms with van der Waals surface area (Å²) in [6.45, 7) is 12.7. The van der Waals surface area contributed by atoms with Gasteiger partial charge in [-0.1, -0.05) is 34.6 Å². The summed E-state index contributed by atoms with van der Waals surface area (Å²) in [5, 5.41) is 2.81. The highest BCUT2D eigenvalue weighted by Gasteiger charge is 2.22. The van der Waals surface area contributed by atoms with Gasteiger partial charge in [-0.3, -0.25) is 0 Å². The van der Waals surface area contributed by atoms with Gasteiger partial charge in [0.15, 0.2) is 0 Å². The highest BCUT2D eigenvalue weighted by molar-refractivity contribution is 5.67. The molecule has 3 heteroatoms. The van der Waals surface area contributed by atoms with Crippen molar-refractivity contribution in [2.75, 3.05) is 6.61 Å². The van der Waals surface area contributed by atoms with Crippen LogP contribution in [-0.2, 0) is 4.74 Å². The first-order chi connectivity index (χ1) is 6.23. The summed E-state index contributed by atoms with van der Waals surface area (Å²) in [5.41, 5.74) is 0.0663. The van der Waals surface area contributed by atoms with Crippen LogP contribution < -0.4 is 5.32 Å². The van der Waals surface area contributed by atoms with Crippen molar-refractivity contribution in [1.29, 1.82) is 0 Å². The molecule has 14 heavy (non-hydrogen) atoms. The topological polar surface area (TPSA) is 38.3 Å². The predicted molar refractivity (Wildman–Crippen MR) is 58.2 cm³/mol. The van der Waals surface area contributed by atoms with E-state index in [4.69, 9.17) is 4.74 Å². The van der Waals surface area contributed by atoms with Crippen LogP contribution in [0, 0.1) is 11.3 Å². The van der Waals surface area contributed by atoms with Crippen molar-refractivity contribution in [2.24, 2.45) is 11.3 Å². The Morgan fingerprint density at radius 1 is 1.29 bits per heavy atom. The molecule has 84 valence electrons. The second kappa shape index (κ2) is 5.23. The summed E-state index contributed by atoms with van der Waals surface area (Å²) < 4.78 is 5.02. The lowest BCUT2D eigenvalue weighted by molar-refractivity contribution is 0.122. The number of carbonyl (C=O) groups excluding carboxylic acids is 1. The largest absolute Gasteiger partial charge is 0.449 e. The Morgan fingerprint density at radius 3 is 2.14 bits per heavy atom. The molecule has 0 aliphatic heterocycles. The van der Waals surface area contributed by atoms with E-state index in [2.05, 4.69) is 26.1 Å². The Morgan fingerprint density at radius 2 is 1.79 bits per heavy atom. The van der Waals surface area contributed by atoms with Gasteiger partial charge in [-0.25, -0.2) is 4.79 Å². The van der Waals surface area contributed by atoms with E-state index in [1.807, 2.05) is 20.8 Å². The summed E-state index contributed by atoms with van der Waals surface area (Å²) in [6.07, 6.45) is -0.318. The summed E-state index contributed by atoms with van der Waals surface area (Å²) >= 11 is 0. The quantitative estimate of drug-likeness (QED) is 0.762. The minimum absolute atomic E-state index is 0.0663. The number of amides is 1. The number of carbonyl (C=O) groups is 1. The van der Waals surface area contributed by atoms with Crippen LogP contribution in [-0.4, -0.2) is 18.7 Å². The normalized spacial score (nSPS) is 13.9. The number of nitrogens with one attached hydrogen (secondary N) is 1. The monoisotopic (exact) mass is 201 g/mol. The van der Waals surface area contributed by atoms with Crippen LogP contribution in [0.3, 0.4) is 0 Å². The lowest BCUT2D eigenvalue weighted by Crippen LogP contribution is -2.41. The van der Waals surface area contributed by atoms with Crippen LogP contribution in [0.2, 0.25) is 0 Å². The maximum Gasteiger partial charge on any atom is 0.407 e. The zero-order valence-electron chi connectivity index (χ0n) is 10.2. The second-order valence-electron chi connectivity index (χ2n) is 5.22. The molecule has 0 heterocycles. The SMILES string of the molecule is CC(C)COC(=O)NC(C)C(C)(C)C. The van der Waals surface area contributed by atoms with Gasteiger partial charge < -0.3 is 10.1 Å². The molecule has 0 aromatic rings. The first-order valence-electron chi connectivity index (χ1n) is 5.16. The molecule has 1 N–H and O–H groups in total. The first-order valence-corrected chi connectivity index (χ1v) is 5.16. The lowest BCUT2D eigenvalue weighted by atomic mass is 9.88. The van der Waals surface area contributed by atoms with E-state index in [-0.39, 0.29) is 17.6 Å². The molecule has 0 radical (unpaired) electrons. The van der Waals surface area contributed by atoms with Gasteiger partial charge in [-0.05, 0) is 18.3 Å². The Bertz CT molecular complexity index is 182. The Balaban J connectivity index is 3.84. The molecular weight excluding hydrogens is 178 g/mol. The number of hydrogen-bond donors (Lipinski definition) is 1. The van der Waals surface area contributed by atoms with Gasteiger partial charge in [0.1, 0.15) is 0 Å². The molecule has 0 aromatic heterocycles. The van der Waals surface area contributed by atoms with Crippen molar-refractivity contribution in [3.05, 3.63) is 0 Å². The molecule has 1 atom stereocenters. The van der Waals surface area contributed by atoms with Gasteiger partial charge in [0.2, 0.25) is 0 Å². The van der Waals surface area contributed by atoms with Crippen LogP contribution in [0.15, 0.2) is 0 Å². The van der Waals surface area contributed by atoms with E-state index in [1.54, 1.807) is 0 Å². The van der Waals surface area contributed by atoms with Gasteiger partial charge >= 0.3 is 6.09 Å². The molecular formula is C11H23NO2. The third-order valence-electron chi connectivity index (χ3n) is 2.18. The summed E-state index contributed by atoms with van der Waals surface area (Å²) in [6, 6.07) is 0.113. The van der Waals surface area contributed by atoms with Gasteiger partial charge in [0.05, 0.1) is 6.61 Å². The zero-order valence-corrected chi connectivity index (χ0v) is 10.2. The van der Waals surface area contributed by atoms with E-state index >= 15 is 0 Å². The minimum atomic E-state index is -0.318. The van der Waals surface area contributed by atoms with Crippen molar-refractivity contribution in [3.63, 3.8) is 0 Å². The molecule has 0 rings (SSSR count). The molecule has 0 aliphatic rings. The first kappa shape index (κ1) is 13.3. The van der Waals surface area contributed by atoms with Crippen LogP contribution in [0.1, 0.15) is 41.5 Å². The Labute approximate surface area is 87.2 Å². The average molecular weight is 201 g/mol. The minimum Gasteiger partial charge on any atom is -0.449 e. The van der Waals surface area contributed by atoms with Crippen molar-refractivity contribution in [1.82, 2.24) is 5.32 Å². The highest BCUT2D eigenvalue weighted by Crippen LogP contribution is 2.18. The Hall–Kier alpha value is -0.730. The number of alkyl carbamates (subject to hydrolysis) is 1. The van der Waals surface area contributed by atoms with Crippen LogP contribution in [0.5, 0.6) is 0 Å².